The van der Waals surface area contributed by atoms with Crippen LogP contribution in [0.3, 0.4) is 0 Å². The summed E-state index contributed by atoms with van der Waals surface area (Å²) in [6.45, 7) is 0.737. The second kappa shape index (κ2) is 3.34. The summed E-state index contributed by atoms with van der Waals surface area (Å²) < 4.78 is 5.20. The highest BCUT2D eigenvalue weighted by atomic mass is 35.5. The molecule has 1 aliphatic rings. The fourth-order valence-corrected chi connectivity index (χ4v) is 2.10. The molecule has 1 unspecified atom stereocenters. The van der Waals surface area contributed by atoms with Crippen molar-refractivity contribution >= 4 is 34.1 Å². The van der Waals surface area contributed by atoms with E-state index >= 15 is 0 Å². The molecule has 0 bridgehead atoms. The molecule has 1 aromatic carbocycles. The molecule has 3 rings (SSSR count). The van der Waals surface area contributed by atoms with Crippen LogP contribution < -0.4 is 0 Å². The lowest BCUT2D eigenvalue weighted by atomic mass is 10.1. The van der Waals surface area contributed by atoms with Gasteiger partial charge in [0.2, 0.25) is 0 Å². The highest BCUT2D eigenvalue weighted by Gasteiger charge is 2.28. The minimum absolute atomic E-state index is 0.130. The number of aromatic nitrogens is 1. The van der Waals surface area contributed by atoms with E-state index in [2.05, 4.69) is 4.98 Å². The van der Waals surface area contributed by atoms with Gasteiger partial charge in [0.05, 0.1) is 17.1 Å². The van der Waals surface area contributed by atoms with Crippen LogP contribution in [0.4, 0.5) is 0 Å². The van der Waals surface area contributed by atoms with E-state index in [9.17, 15) is 0 Å². The van der Waals surface area contributed by atoms with Gasteiger partial charge in [-0.2, -0.15) is 0 Å². The fourth-order valence-electron chi connectivity index (χ4n) is 1.60. The molecule has 2 heterocycles. The van der Waals surface area contributed by atoms with Crippen molar-refractivity contribution in [2.24, 2.45) is 0 Å². The molecule has 0 amide bonds. The molecular formula is C11H7Cl2NO. The van der Waals surface area contributed by atoms with E-state index in [1.807, 2.05) is 12.1 Å². The predicted molar refractivity (Wildman–Crippen MR) is 60.5 cm³/mol. The average molecular weight is 240 g/mol. The van der Waals surface area contributed by atoms with Crippen molar-refractivity contribution in [2.75, 3.05) is 6.61 Å². The first-order valence-corrected chi connectivity index (χ1v) is 5.36. The Morgan fingerprint density at radius 3 is 2.87 bits per heavy atom. The Morgan fingerprint density at radius 1 is 1.33 bits per heavy atom. The van der Waals surface area contributed by atoms with Crippen molar-refractivity contribution < 1.29 is 4.74 Å². The number of hydrogen-bond donors (Lipinski definition) is 0. The maximum atomic E-state index is 6.27. The Balaban J connectivity index is 2.27. The van der Waals surface area contributed by atoms with Crippen LogP contribution in [0.5, 0.6) is 0 Å². The van der Waals surface area contributed by atoms with E-state index in [1.165, 1.54) is 0 Å². The Labute approximate surface area is 96.8 Å². The zero-order chi connectivity index (χ0) is 10.4. The highest BCUT2D eigenvalue weighted by Crippen LogP contribution is 2.37. The molecule has 2 nitrogen and oxygen atoms in total. The first-order valence-electron chi connectivity index (χ1n) is 4.61. The van der Waals surface area contributed by atoms with E-state index in [0.29, 0.717) is 5.02 Å². The van der Waals surface area contributed by atoms with Crippen LogP contribution in [0.1, 0.15) is 11.7 Å². The first-order chi connectivity index (χ1) is 7.25. The smallest absolute Gasteiger partial charge is 0.109 e. The number of pyridine rings is 1. The van der Waals surface area contributed by atoms with Crippen LogP contribution in [-0.2, 0) is 4.74 Å². The molecule has 1 aliphatic heterocycles. The Kier molecular flexibility index (Phi) is 2.09. The molecule has 2 aromatic rings. The fraction of sp³-hybridized carbons (Fsp3) is 0.182. The Morgan fingerprint density at radius 2 is 2.13 bits per heavy atom. The highest BCUT2D eigenvalue weighted by molar-refractivity contribution is 6.36. The summed E-state index contributed by atoms with van der Waals surface area (Å²) in [5, 5.41) is 2.31. The van der Waals surface area contributed by atoms with Crippen LogP contribution in [0.2, 0.25) is 10.0 Å². The van der Waals surface area contributed by atoms with Gasteiger partial charge in [0.15, 0.2) is 0 Å². The number of fused-ring (bicyclic) bond motifs is 1. The normalized spacial score (nSPS) is 19.5. The molecule has 15 heavy (non-hydrogen) atoms. The first kappa shape index (κ1) is 9.40. The van der Waals surface area contributed by atoms with Crippen molar-refractivity contribution in [3.63, 3.8) is 0 Å². The van der Waals surface area contributed by atoms with E-state index in [-0.39, 0.29) is 6.10 Å². The SMILES string of the molecule is Clc1ccc2c(Cl)c(C3CO3)cnc2c1. The van der Waals surface area contributed by atoms with Gasteiger partial charge in [-0.3, -0.25) is 4.98 Å². The number of halogens is 2. The van der Waals surface area contributed by atoms with Gasteiger partial charge in [-0.25, -0.2) is 0 Å². The molecule has 0 N–H and O–H groups in total. The largest absolute Gasteiger partial charge is 0.368 e. The molecule has 4 heteroatoms. The summed E-state index contributed by atoms with van der Waals surface area (Å²) in [7, 11) is 0. The van der Waals surface area contributed by atoms with Crippen LogP contribution >= 0.6 is 23.2 Å². The Bertz CT molecular complexity index is 537. The monoisotopic (exact) mass is 239 g/mol. The van der Waals surface area contributed by atoms with E-state index in [0.717, 1.165) is 28.1 Å². The van der Waals surface area contributed by atoms with E-state index in [1.54, 1.807) is 12.3 Å². The van der Waals surface area contributed by atoms with Crippen molar-refractivity contribution in [1.82, 2.24) is 4.98 Å². The quantitative estimate of drug-likeness (QED) is 0.711. The van der Waals surface area contributed by atoms with Crippen LogP contribution in [0.15, 0.2) is 24.4 Å². The van der Waals surface area contributed by atoms with Gasteiger partial charge in [-0.15, -0.1) is 0 Å². The van der Waals surface area contributed by atoms with Gasteiger partial charge in [-0.1, -0.05) is 23.2 Å². The minimum atomic E-state index is 0.130. The molecule has 0 radical (unpaired) electrons. The third kappa shape index (κ3) is 1.59. The van der Waals surface area contributed by atoms with Crippen LogP contribution in [0.25, 0.3) is 10.9 Å². The second-order valence-corrected chi connectivity index (χ2v) is 4.33. The number of hydrogen-bond acceptors (Lipinski definition) is 2. The summed E-state index contributed by atoms with van der Waals surface area (Å²) in [6, 6.07) is 5.51. The summed E-state index contributed by atoms with van der Waals surface area (Å²) in [5.41, 5.74) is 1.78. The van der Waals surface area contributed by atoms with Gasteiger partial charge in [0, 0.05) is 22.2 Å². The van der Waals surface area contributed by atoms with E-state index in [4.69, 9.17) is 27.9 Å². The summed E-state index contributed by atoms with van der Waals surface area (Å²) in [4.78, 5) is 4.32. The maximum absolute atomic E-state index is 6.27. The summed E-state index contributed by atoms with van der Waals surface area (Å²) in [5.74, 6) is 0. The number of nitrogens with zero attached hydrogens (tertiary/aromatic N) is 1. The van der Waals surface area contributed by atoms with Gasteiger partial charge in [-0.05, 0) is 18.2 Å². The third-order valence-corrected chi connectivity index (χ3v) is 3.13. The van der Waals surface area contributed by atoms with Crippen LogP contribution in [0, 0.1) is 0 Å². The molecular weight excluding hydrogens is 233 g/mol. The lowest BCUT2D eigenvalue weighted by Crippen LogP contribution is -1.88. The molecule has 1 fully saturated rings. The average Bonchev–Trinajstić information content (AvgIpc) is 3.01. The number of rotatable bonds is 1. The molecule has 1 atom stereocenters. The molecule has 0 saturated carbocycles. The Hall–Kier alpha value is -0.830. The molecule has 0 spiro atoms. The van der Waals surface area contributed by atoms with Crippen molar-refractivity contribution in [3.05, 3.63) is 40.0 Å². The second-order valence-electron chi connectivity index (χ2n) is 3.51. The van der Waals surface area contributed by atoms with Crippen molar-refractivity contribution in [3.8, 4) is 0 Å². The summed E-state index contributed by atoms with van der Waals surface area (Å²) in [6.07, 6.45) is 1.89. The van der Waals surface area contributed by atoms with Gasteiger partial charge in [0.25, 0.3) is 0 Å². The molecule has 1 aromatic heterocycles. The molecule has 1 saturated heterocycles. The predicted octanol–water partition coefficient (Wildman–Crippen LogP) is 3.61. The van der Waals surface area contributed by atoms with Crippen LogP contribution in [-0.4, -0.2) is 11.6 Å². The summed E-state index contributed by atoms with van der Waals surface area (Å²) >= 11 is 12.1. The topological polar surface area (TPSA) is 25.4 Å². The number of ether oxygens (including phenoxy) is 1. The van der Waals surface area contributed by atoms with Crippen molar-refractivity contribution in [2.45, 2.75) is 6.10 Å². The maximum Gasteiger partial charge on any atom is 0.109 e. The van der Waals surface area contributed by atoms with Gasteiger partial charge >= 0.3 is 0 Å². The standard InChI is InChI=1S/C11H7Cl2NO/c12-6-1-2-7-9(3-6)14-4-8(11(7)13)10-5-15-10/h1-4,10H,5H2. The zero-order valence-electron chi connectivity index (χ0n) is 7.71. The number of benzene rings is 1. The molecule has 76 valence electrons. The van der Waals surface area contributed by atoms with Gasteiger partial charge < -0.3 is 4.74 Å². The van der Waals surface area contributed by atoms with Gasteiger partial charge in [0.1, 0.15) is 6.10 Å². The lowest BCUT2D eigenvalue weighted by molar-refractivity contribution is 0.415. The number of epoxide rings is 1. The lowest BCUT2D eigenvalue weighted by Gasteiger charge is -2.04. The van der Waals surface area contributed by atoms with Crippen molar-refractivity contribution in [1.29, 1.82) is 0 Å². The van der Waals surface area contributed by atoms with E-state index < -0.39 is 0 Å². The third-order valence-electron chi connectivity index (χ3n) is 2.47. The zero-order valence-corrected chi connectivity index (χ0v) is 9.22. The minimum Gasteiger partial charge on any atom is -0.368 e. The molecule has 0 aliphatic carbocycles.